The Morgan fingerprint density at radius 2 is 1.80 bits per heavy atom. The molecular formula is C25H26F6N6O3. The Morgan fingerprint density at radius 1 is 1.10 bits per heavy atom. The SMILES string of the molecule is CC(C)(C)OC(=O)N[C@@H](CC(=O)N1CCn2c(C(F)(F)F)nc(-c3ccn[nH]3)c2C1)Cc1cc(F)c(F)cc1F. The fourth-order valence-corrected chi connectivity index (χ4v) is 4.37. The molecule has 3 heterocycles. The van der Waals surface area contributed by atoms with E-state index < -0.39 is 65.9 Å². The molecule has 0 fully saturated rings. The van der Waals surface area contributed by atoms with Crippen LogP contribution in [0.4, 0.5) is 31.1 Å². The molecule has 1 aromatic carbocycles. The molecule has 216 valence electrons. The standard InChI is InChI=1S/C25H26F6N6O3/c1-24(2,3)40-23(39)33-14(8-13-9-16(27)17(28)11-15(13)26)10-20(38)36-6-7-37-19(12-36)21(18-4-5-32-35-18)34-22(37)25(29,30)31/h4-5,9,11,14H,6-8,10,12H2,1-3H3,(H,32,35)(H,33,39)/t14-/m1/s1. The van der Waals surface area contributed by atoms with Crippen LogP contribution in [-0.2, 0) is 35.2 Å². The van der Waals surface area contributed by atoms with Gasteiger partial charge < -0.3 is 19.5 Å². The van der Waals surface area contributed by atoms with Crippen LogP contribution in [0.1, 0.15) is 44.3 Å². The number of carbonyl (C=O) groups excluding carboxylic acids is 2. The minimum atomic E-state index is -4.74. The highest BCUT2D eigenvalue weighted by Gasteiger charge is 2.41. The summed E-state index contributed by atoms with van der Waals surface area (Å²) in [5.74, 6) is -5.48. The van der Waals surface area contributed by atoms with Crippen molar-refractivity contribution in [3.05, 3.63) is 58.9 Å². The highest BCUT2D eigenvalue weighted by Crippen LogP contribution is 2.35. The number of nitrogens with zero attached hydrogens (tertiary/aromatic N) is 4. The molecule has 3 aromatic rings. The minimum Gasteiger partial charge on any atom is -0.444 e. The number of nitrogens with one attached hydrogen (secondary N) is 2. The van der Waals surface area contributed by atoms with Crippen molar-refractivity contribution >= 4 is 12.0 Å². The monoisotopic (exact) mass is 572 g/mol. The molecule has 1 atom stereocenters. The Balaban J connectivity index is 1.58. The van der Waals surface area contributed by atoms with Gasteiger partial charge in [0.25, 0.3) is 0 Å². The molecule has 2 aromatic heterocycles. The summed E-state index contributed by atoms with van der Waals surface area (Å²) >= 11 is 0. The van der Waals surface area contributed by atoms with E-state index in [1.165, 1.54) is 17.2 Å². The molecule has 0 bridgehead atoms. The Morgan fingerprint density at radius 3 is 2.42 bits per heavy atom. The van der Waals surface area contributed by atoms with Gasteiger partial charge in [0.1, 0.15) is 17.1 Å². The first-order valence-corrected chi connectivity index (χ1v) is 12.2. The van der Waals surface area contributed by atoms with Crippen molar-refractivity contribution in [1.82, 2.24) is 30.0 Å². The number of aromatic nitrogens is 4. The van der Waals surface area contributed by atoms with E-state index in [0.717, 1.165) is 4.57 Å². The third-order valence-corrected chi connectivity index (χ3v) is 6.07. The van der Waals surface area contributed by atoms with Crippen molar-refractivity contribution in [2.24, 2.45) is 0 Å². The van der Waals surface area contributed by atoms with Gasteiger partial charge in [-0.3, -0.25) is 9.89 Å². The van der Waals surface area contributed by atoms with Gasteiger partial charge in [-0.15, -0.1) is 0 Å². The number of alkyl carbamates (subject to hydrolysis) is 1. The van der Waals surface area contributed by atoms with E-state index in [9.17, 15) is 35.9 Å². The zero-order chi connectivity index (χ0) is 29.4. The number of imidazole rings is 1. The van der Waals surface area contributed by atoms with E-state index in [0.29, 0.717) is 12.1 Å². The van der Waals surface area contributed by atoms with Gasteiger partial charge in [-0.05, 0) is 44.9 Å². The molecule has 9 nitrogen and oxygen atoms in total. The summed E-state index contributed by atoms with van der Waals surface area (Å²) in [6.45, 7) is 4.25. The third kappa shape index (κ3) is 6.57. The molecule has 0 unspecified atom stereocenters. The van der Waals surface area contributed by atoms with Crippen LogP contribution in [-0.4, -0.2) is 54.8 Å². The number of halogens is 6. The molecule has 15 heteroatoms. The van der Waals surface area contributed by atoms with Crippen LogP contribution in [0.5, 0.6) is 0 Å². The molecule has 0 radical (unpaired) electrons. The maximum atomic E-state index is 14.4. The molecular weight excluding hydrogens is 546 g/mol. The van der Waals surface area contributed by atoms with Crippen molar-refractivity contribution in [1.29, 1.82) is 0 Å². The smallest absolute Gasteiger partial charge is 0.444 e. The molecule has 0 aliphatic carbocycles. The summed E-state index contributed by atoms with van der Waals surface area (Å²) in [6.07, 6.45) is -5.14. The van der Waals surface area contributed by atoms with E-state index in [4.69, 9.17) is 4.74 Å². The van der Waals surface area contributed by atoms with Crippen LogP contribution < -0.4 is 5.32 Å². The molecule has 1 aliphatic rings. The van der Waals surface area contributed by atoms with Crippen LogP contribution in [0.2, 0.25) is 0 Å². The van der Waals surface area contributed by atoms with Crippen molar-refractivity contribution in [3.63, 3.8) is 0 Å². The lowest BCUT2D eigenvalue weighted by Gasteiger charge is -2.31. The van der Waals surface area contributed by atoms with Gasteiger partial charge >= 0.3 is 12.3 Å². The summed E-state index contributed by atoms with van der Waals surface area (Å²) in [5.41, 5.74) is -0.863. The number of aromatic amines is 1. The van der Waals surface area contributed by atoms with Crippen molar-refractivity contribution in [3.8, 4) is 11.4 Å². The average molecular weight is 573 g/mol. The number of amides is 2. The number of rotatable bonds is 6. The van der Waals surface area contributed by atoms with Gasteiger partial charge in [0.05, 0.1) is 17.9 Å². The number of H-pyrrole nitrogens is 1. The van der Waals surface area contributed by atoms with Crippen molar-refractivity contribution in [2.75, 3.05) is 6.54 Å². The fourth-order valence-electron chi connectivity index (χ4n) is 4.37. The first-order chi connectivity index (χ1) is 18.6. The quantitative estimate of drug-likeness (QED) is 0.333. The number of benzene rings is 1. The predicted octanol–water partition coefficient (Wildman–Crippen LogP) is 4.58. The first-order valence-electron chi connectivity index (χ1n) is 12.2. The first kappa shape index (κ1) is 29.0. The summed E-state index contributed by atoms with van der Waals surface area (Å²) in [6, 6.07) is 1.32. The molecule has 4 rings (SSSR count). The van der Waals surface area contributed by atoms with E-state index in [-0.39, 0.29) is 42.3 Å². The van der Waals surface area contributed by atoms with Gasteiger partial charge in [-0.25, -0.2) is 22.9 Å². The molecule has 0 saturated carbocycles. The van der Waals surface area contributed by atoms with Crippen LogP contribution >= 0.6 is 0 Å². The molecule has 40 heavy (non-hydrogen) atoms. The van der Waals surface area contributed by atoms with E-state index in [1.54, 1.807) is 20.8 Å². The second-order valence-corrected chi connectivity index (χ2v) is 10.3. The number of ether oxygens (including phenoxy) is 1. The second-order valence-electron chi connectivity index (χ2n) is 10.3. The molecule has 0 spiro atoms. The van der Waals surface area contributed by atoms with Gasteiger partial charge in [-0.2, -0.15) is 18.3 Å². The Labute approximate surface area is 224 Å². The van der Waals surface area contributed by atoms with Crippen LogP contribution in [0.3, 0.4) is 0 Å². The summed E-state index contributed by atoms with van der Waals surface area (Å²) < 4.78 is 88.8. The second kappa shape index (κ2) is 10.8. The number of carbonyl (C=O) groups is 2. The number of alkyl halides is 3. The zero-order valence-electron chi connectivity index (χ0n) is 21.7. The Hall–Kier alpha value is -4.04. The molecule has 2 N–H and O–H groups in total. The van der Waals surface area contributed by atoms with Gasteiger partial charge in [0, 0.05) is 37.8 Å². The lowest BCUT2D eigenvalue weighted by atomic mass is 10.0. The molecule has 2 amide bonds. The van der Waals surface area contributed by atoms with Gasteiger partial charge in [0.2, 0.25) is 11.7 Å². The van der Waals surface area contributed by atoms with E-state index >= 15 is 0 Å². The highest BCUT2D eigenvalue weighted by atomic mass is 19.4. The number of hydrogen-bond donors (Lipinski definition) is 2. The lowest BCUT2D eigenvalue weighted by molar-refractivity contribution is -0.148. The lowest BCUT2D eigenvalue weighted by Crippen LogP contribution is -2.45. The topological polar surface area (TPSA) is 105 Å². The van der Waals surface area contributed by atoms with Crippen LogP contribution in [0.15, 0.2) is 24.4 Å². The number of hydrogen-bond acceptors (Lipinski definition) is 5. The van der Waals surface area contributed by atoms with E-state index in [2.05, 4.69) is 20.5 Å². The maximum Gasteiger partial charge on any atom is 0.449 e. The van der Waals surface area contributed by atoms with Crippen LogP contribution in [0, 0.1) is 17.5 Å². The highest BCUT2D eigenvalue weighted by molar-refractivity contribution is 5.78. The normalized spacial score (nSPS) is 14.6. The third-order valence-electron chi connectivity index (χ3n) is 6.07. The number of fused-ring (bicyclic) bond motifs is 1. The van der Waals surface area contributed by atoms with Crippen molar-refractivity contribution in [2.45, 2.75) is 64.5 Å². The molecule has 1 aliphatic heterocycles. The average Bonchev–Trinajstić information content (AvgIpc) is 3.48. The molecule has 0 saturated heterocycles. The summed E-state index contributed by atoms with van der Waals surface area (Å²) in [7, 11) is 0. The summed E-state index contributed by atoms with van der Waals surface area (Å²) in [5, 5.41) is 8.79. The van der Waals surface area contributed by atoms with Gasteiger partial charge in [0.15, 0.2) is 11.6 Å². The Kier molecular flexibility index (Phi) is 7.85. The Bertz CT molecular complexity index is 1400. The largest absolute Gasteiger partial charge is 0.449 e. The van der Waals surface area contributed by atoms with Gasteiger partial charge in [-0.1, -0.05) is 0 Å². The van der Waals surface area contributed by atoms with Crippen molar-refractivity contribution < 1.29 is 40.7 Å². The zero-order valence-corrected chi connectivity index (χ0v) is 21.7. The predicted molar refractivity (Wildman–Crippen MR) is 128 cm³/mol. The summed E-state index contributed by atoms with van der Waals surface area (Å²) in [4.78, 5) is 30.8. The minimum absolute atomic E-state index is 0.0189. The fraction of sp³-hybridized carbons (Fsp3) is 0.440. The van der Waals surface area contributed by atoms with E-state index in [1.807, 2.05) is 0 Å². The maximum absolute atomic E-state index is 14.4. The van der Waals surface area contributed by atoms with Crippen LogP contribution in [0.25, 0.3) is 11.4 Å².